The van der Waals surface area contributed by atoms with Gasteiger partial charge in [0.25, 0.3) is 0 Å². The molecule has 0 saturated carbocycles. The molecule has 0 radical (unpaired) electrons. The van der Waals surface area contributed by atoms with E-state index >= 15 is 0 Å². The van der Waals surface area contributed by atoms with E-state index in [-0.39, 0.29) is 12.6 Å². The molecule has 1 rings (SSSR count). The van der Waals surface area contributed by atoms with E-state index in [1.165, 1.54) is 6.08 Å². The molecule has 0 bridgehead atoms. The van der Waals surface area contributed by atoms with Crippen molar-refractivity contribution in [3.8, 4) is 6.07 Å². The van der Waals surface area contributed by atoms with E-state index in [1.807, 2.05) is 25.1 Å². The third-order valence-electron chi connectivity index (χ3n) is 4.87. The first-order valence-corrected chi connectivity index (χ1v) is 12.4. The summed E-state index contributed by atoms with van der Waals surface area (Å²) in [6.45, 7) is 11.3. The molecule has 0 aliphatic heterocycles. The van der Waals surface area contributed by atoms with Gasteiger partial charge >= 0.3 is 6.09 Å². The molecule has 0 aliphatic rings. The number of benzene rings is 1. The second-order valence-corrected chi connectivity index (χ2v) is 8.12. The molecule has 1 amide bonds. The highest BCUT2D eigenvalue weighted by Gasteiger charge is 2.11. The van der Waals surface area contributed by atoms with Crippen LogP contribution in [0.1, 0.15) is 44.2 Å². The van der Waals surface area contributed by atoms with Crippen molar-refractivity contribution < 1.29 is 19.1 Å². The van der Waals surface area contributed by atoms with Crippen LogP contribution in [0.3, 0.4) is 0 Å². The fourth-order valence-corrected chi connectivity index (χ4v) is 3.19. The van der Waals surface area contributed by atoms with Gasteiger partial charge in [-0.1, -0.05) is 43.4 Å². The maximum absolute atomic E-state index is 12.2. The maximum atomic E-state index is 12.2. The van der Waals surface area contributed by atoms with Crippen LogP contribution in [-0.4, -0.2) is 62.6 Å². The lowest BCUT2D eigenvalue weighted by molar-refractivity contribution is -0.104. The van der Waals surface area contributed by atoms with Gasteiger partial charge in [0.15, 0.2) is 0 Å². The Kier molecular flexibility index (Phi) is 17.3. The third-order valence-corrected chi connectivity index (χ3v) is 4.87. The molecule has 2 N–H and O–H groups in total. The van der Waals surface area contributed by atoms with Gasteiger partial charge in [-0.25, -0.2) is 4.79 Å². The molecule has 1 atom stereocenters. The minimum Gasteiger partial charge on any atom is -0.448 e. The van der Waals surface area contributed by atoms with Crippen molar-refractivity contribution in [1.29, 1.82) is 5.26 Å². The van der Waals surface area contributed by atoms with E-state index in [0.717, 1.165) is 24.2 Å². The molecule has 1 unspecified atom stereocenters. The zero-order valence-electron chi connectivity index (χ0n) is 21.9. The topological polar surface area (TPSA) is 116 Å². The van der Waals surface area contributed by atoms with E-state index in [4.69, 9.17) is 14.7 Å². The summed E-state index contributed by atoms with van der Waals surface area (Å²) in [6, 6.07) is 9.06. The van der Waals surface area contributed by atoms with Crippen LogP contribution in [0.5, 0.6) is 0 Å². The maximum Gasteiger partial charge on any atom is 0.407 e. The molecular weight excluding hydrogens is 470 g/mol. The van der Waals surface area contributed by atoms with Crippen LogP contribution >= 0.6 is 0 Å². The summed E-state index contributed by atoms with van der Waals surface area (Å²) in [5, 5.41) is 21.1. The third kappa shape index (κ3) is 15.8. The van der Waals surface area contributed by atoms with Gasteiger partial charge in [-0.05, 0) is 43.5 Å². The molecule has 200 valence electrons. The number of allylic oxidation sites excluding steroid dienone is 2. The SMILES string of the molecule is C=C(C/C=N/N(/C=C\C=O)Cc1cccc(C#N)c1)CC(/C=C\C)NC(=O)OCCNCCOCCC. The number of hydrazone groups is 1. The van der Waals surface area contributed by atoms with E-state index in [2.05, 4.69) is 35.3 Å². The van der Waals surface area contributed by atoms with Crippen LogP contribution in [-0.2, 0) is 20.8 Å². The van der Waals surface area contributed by atoms with Gasteiger partial charge in [0, 0.05) is 38.5 Å². The first-order valence-electron chi connectivity index (χ1n) is 12.4. The van der Waals surface area contributed by atoms with Gasteiger partial charge < -0.3 is 20.1 Å². The van der Waals surface area contributed by atoms with Crippen molar-refractivity contribution in [1.82, 2.24) is 15.6 Å². The van der Waals surface area contributed by atoms with Crippen molar-refractivity contribution in [3.05, 3.63) is 72.0 Å². The number of carbonyl (C=O) groups excluding carboxylic acids is 2. The normalized spacial score (nSPS) is 12.0. The quantitative estimate of drug-likeness (QED) is 0.0721. The lowest BCUT2D eigenvalue weighted by Crippen LogP contribution is -2.35. The molecular formula is C28H39N5O4. The Labute approximate surface area is 220 Å². The summed E-state index contributed by atoms with van der Waals surface area (Å²) in [6.07, 6.45) is 10.6. The summed E-state index contributed by atoms with van der Waals surface area (Å²) < 4.78 is 10.6. The van der Waals surface area contributed by atoms with E-state index in [0.29, 0.717) is 50.9 Å². The number of hydrogen-bond donors (Lipinski definition) is 2. The molecule has 37 heavy (non-hydrogen) atoms. The Morgan fingerprint density at radius 3 is 2.84 bits per heavy atom. The number of alkyl carbamates (subject to hydrolysis) is 1. The fourth-order valence-electron chi connectivity index (χ4n) is 3.19. The summed E-state index contributed by atoms with van der Waals surface area (Å²) in [4.78, 5) is 22.9. The summed E-state index contributed by atoms with van der Waals surface area (Å²) >= 11 is 0. The Hall–Kier alpha value is -3.74. The summed E-state index contributed by atoms with van der Waals surface area (Å²) in [7, 11) is 0. The smallest absolute Gasteiger partial charge is 0.407 e. The van der Waals surface area contributed by atoms with Gasteiger partial charge in [-0.15, -0.1) is 0 Å². The van der Waals surface area contributed by atoms with Crippen LogP contribution < -0.4 is 10.6 Å². The van der Waals surface area contributed by atoms with Gasteiger partial charge in [0.05, 0.1) is 30.8 Å². The Morgan fingerprint density at radius 2 is 2.11 bits per heavy atom. The highest BCUT2D eigenvalue weighted by Crippen LogP contribution is 2.11. The molecule has 0 aliphatic carbocycles. The number of carbonyl (C=O) groups is 2. The molecule has 0 fully saturated rings. The highest BCUT2D eigenvalue weighted by atomic mass is 16.5. The molecule has 0 spiro atoms. The van der Waals surface area contributed by atoms with Crippen molar-refractivity contribution in [2.24, 2.45) is 5.10 Å². The van der Waals surface area contributed by atoms with E-state index in [1.54, 1.807) is 35.6 Å². The lowest BCUT2D eigenvalue weighted by atomic mass is 10.1. The van der Waals surface area contributed by atoms with Gasteiger partial charge in [0.1, 0.15) is 12.9 Å². The minimum atomic E-state index is -0.488. The van der Waals surface area contributed by atoms with Gasteiger partial charge in [-0.2, -0.15) is 10.4 Å². The van der Waals surface area contributed by atoms with Crippen LogP contribution in [0, 0.1) is 11.3 Å². The molecule has 1 aromatic carbocycles. The first kappa shape index (κ1) is 31.3. The molecule has 0 saturated heterocycles. The number of nitrogens with zero attached hydrogens (tertiary/aromatic N) is 3. The predicted molar refractivity (Wildman–Crippen MR) is 146 cm³/mol. The molecule has 9 heteroatoms. The number of hydrogen-bond acceptors (Lipinski definition) is 8. The van der Waals surface area contributed by atoms with Crippen LogP contribution in [0.25, 0.3) is 0 Å². The first-order chi connectivity index (χ1) is 18.0. The minimum absolute atomic E-state index is 0.256. The molecule has 9 nitrogen and oxygen atoms in total. The summed E-state index contributed by atoms with van der Waals surface area (Å²) in [5.41, 5.74) is 2.32. The Bertz CT molecular complexity index is 952. The van der Waals surface area contributed by atoms with Crippen molar-refractivity contribution in [2.75, 3.05) is 32.9 Å². The molecule has 0 heterocycles. The van der Waals surface area contributed by atoms with E-state index in [9.17, 15) is 9.59 Å². The Morgan fingerprint density at radius 1 is 1.30 bits per heavy atom. The second kappa shape index (κ2) is 20.5. The summed E-state index contributed by atoms with van der Waals surface area (Å²) in [5.74, 6) is 0. The predicted octanol–water partition coefficient (Wildman–Crippen LogP) is 4.08. The molecule has 0 aromatic heterocycles. The fraction of sp³-hybridized carbons (Fsp3) is 0.429. The number of nitriles is 1. The number of rotatable bonds is 19. The average molecular weight is 510 g/mol. The van der Waals surface area contributed by atoms with E-state index < -0.39 is 6.09 Å². The number of ether oxygens (including phenoxy) is 2. The van der Waals surface area contributed by atoms with Gasteiger partial charge in [0.2, 0.25) is 0 Å². The average Bonchev–Trinajstić information content (AvgIpc) is 2.89. The van der Waals surface area contributed by atoms with Crippen LogP contribution in [0.4, 0.5) is 4.79 Å². The number of aldehydes is 1. The van der Waals surface area contributed by atoms with Crippen LogP contribution in [0.15, 0.2) is 65.9 Å². The highest BCUT2D eigenvalue weighted by molar-refractivity contribution is 5.68. The lowest BCUT2D eigenvalue weighted by Gasteiger charge is -2.17. The van der Waals surface area contributed by atoms with Crippen molar-refractivity contribution >= 4 is 18.6 Å². The Balaban J connectivity index is 2.49. The zero-order valence-corrected chi connectivity index (χ0v) is 21.9. The second-order valence-electron chi connectivity index (χ2n) is 8.12. The van der Waals surface area contributed by atoms with Crippen molar-refractivity contribution in [2.45, 2.75) is 45.7 Å². The van der Waals surface area contributed by atoms with Gasteiger partial charge in [-0.3, -0.25) is 9.80 Å². The monoisotopic (exact) mass is 509 g/mol. The number of nitrogens with one attached hydrogen (secondary N) is 2. The standard InChI is InChI=1S/C28H39N5O4/c1-4-8-27(32-28(35)37-19-14-30-13-18-36-17-5-2)20-24(3)11-12-31-33(15-7-16-34)23-26-10-6-9-25(21-26)22-29/h4,6-10,12,15-16,21,27,30H,3,5,11,13-14,17-20,23H2,1-2H3,(H,32,35)/b8-4-,15-7-,31-12+. The molecule has 1 aromatic rings. The zero-order chi connectivity index (χ0) is 27.1. The largest absolute Gasteiger partial charge is 0.448 e. The van der Waals surface area contributed by atoms with Crippen LogP contribution in [0.2, 0.25) is 0 Å². The number of amides is 1. The van der Waals surface area contributed by atoms with Crippen molar-refractivity contribution in [3.63, 3.8) is 0 Å².